The Morgan fingerprint density at radius 2 is 1.93 bits per heavy atom. The molecule has 2 nitrogen and oxygen atoms in total. The van der Waals surface area contributed by atoms with Crippen molar-refractivity contribution in [1.82, 2.24) is 4.98 Å². The van der Waals surface area contributed by atoms with Crippen molar-refractivity contribution in [1.29, 1.82) is 0 Å². The first-order valence-corrected chi connectivity index (χ1v) is 11.1. The smallest absolute Gasteiger partial charge is 0.102 e. The summed E-state index contributed by atoms with van der Waals surface area (Å²) in [5, 5.41) is 1.43. The molecule has 0 fully saturated rings. The number of aromatic nitrogens is 1. The highest BCUT2D eigenvalue weighted by molar-refractivity contribution is 6.30. The topological polar surface area (TPSA) is 22.1 Å². The summed E-state index contributed by atoms with van der Waals surface area (Å²) in [6.45, 7) is 9.35. The molecule has 152 valence electrons. The second kappa shape index (κ2) is 8.16. The minimum absolute atomic E-state index is 0.0725. The van der Waals surface area contributed by atoms with E-state index >= 15 is 0 Å². The SMILES string of the molecule is C=CC[C@@]1(C)C[C@H](c2cncc(Cl)c2)[C@@H](c2ccc(Cl)cc2)C2=C1OC[C@@H]2CC. The Balaban J connectivity index is 1.93. The van der Waals surface area contributed by atoms with Crippen molar-refractivity contribution >= 4 is 23.2 Å². The summed E-state index contributed by atoms with van der Waals surface area (Å²) in [7, 11) is 0. The van der Waals surface area contributed by atoms with Gasteiger partial charge in [-0.15, -0.1) is 6.58 Å². The van der Waals surface area contributed by atoms with E-state index in [1.54, 1.807) is 6.20 Å². The number of ether oxygens (including phenoxy) is 1. The minimum Gasteiger partial charge on any atom is -0.497 e. The van der Waals surface area contributed by atoms with Crippen molar-refractivity contribution < 1.29 is 4.74 Å². The fraction of sp³-hybridized carbons (Fsp3) is 0.400. The van der Waals surface area contributed by atoms with Gasteiger partial charge in [-0.3, -0.25) is 4.98 Å². The summed E-state index contributed by atoms with van der Waals surface area (Å²) in [6, 6.07) is 10.4. The molecule has 2 aliphatic rings. The highest BCUT2D eigenvalue weighted by atomic mass is 35.5. The predicted molar refractivity (Wildman–Crippen MR) is 120 cm³/mol. The van der Waals surface area contributed by atoms with Crippen LogP contribution in [0, 0.1) is 11.3 Å². The maximum atomic E-state index is 6.38. The van der Waals surface area contributed by atoms with Gasteiger partial charge in [-0.2, -0.15) is 0 Å². The zero-order chi connectivity index (χ0) is 20.6. The van der Waals surface area contributed by atoms with Gasteiger partial charge >= 0.3 is 0 Å². The summed E-state index contributed by atoms with van der Waals surface area (Å²) in [4.78, 5) is 4.40. The van der Waals surface area contributed by atoms with E-state index in [2.05, 4.69) is 43.6 Å². The molecule has 1 aromatic carbocycles. The summed E-state index contributed by atoms with van der Waals surface area (Å²) < 4.78 is 6.38. The molecule has 0 radical (unpaired) electrons. The van der Waals surface area contributed by atoms with E-state index in [0.29, 0.717) is 10.9 Å². The zero-order valence-corrected chi connectivity index (χ0v) is 18.5. The Hall–Kier alpha value is -1.77. The first-order chi connectivity index (χ1) is 14.0. The van der Waals surface area contributed by atoms with E-state index in [1.807, 2.05) is 24.4 Å². The van der Waals surface area contributed by atoms with Crippen LogP contribution in [0.25, 0.3) is 0 Å². The summed E-state index contributed by atoms with van der Waals surface area (Å²) in [5.74, 6) is 2.09. The van der Waals surface area contributed by atoms with Crippen molar-refractivity contribution in [2.24, 2.45) is 11.3 Å². The number of hydrogen-bond acceptors (Lipinski definition) is 2. The van der Waals surface area contributed by atoms with E-state index in [1.165, 1.54) is 22.5 Å². The molecule has 1 aliphatic carbocycles. The normalized spacial score (nSPS) is 28.8. The molecule has 4 atom stereocenters. The van der Waals surface area contributed by atoms with Gasteiger partial charge in [0.1, 0.15) is 5.76 Å². The Morgan fingerprint density at radius 3 is 2.59 bits per heavy atom. The second-order valence-corrected chi connectivity index (χ2v) is 9.40. The molecule has 2 aromatic rings. The van der Waals surface area contributed by atoms with Crippen LogP contribution in [-0.2, 0) is 4.74 Å². The van der Waals surface area contributed by atoms with E-state index in [-0.39, 0.29) is 17.3 Å². The van der Waals surface area contributed by atoms with Crippen molar-refractivity contribution in [2.75, 3.05) is 6.61 Å². The minimum atomic E-state index is -0.0725. The van der Waals surface area contributed by atoms with Crippen LogP contribution in [0.1, 0.15) is 56.1 Å². The first-order valence-electron chi connectivity index (χ1n) is 10.3. The van der Waals surface area contributed by atoms with E-state index in [0.717, 1.165) is 30.9 Å². The number of hydrogen-bond donors (Lipinski definition) is 0. The number of benzene rings is 1. The van der Waals surface area contributed by atoms with Crippen LogP contribution < -0.4 is 0 Å². The molecule has 0 spiro atoms. The van der Waals surface area contributed by atoms with E-state index in [9.17, 15) is 0 Å². The molecule has 0 bridgehead atoms. The third-order valence-corrected chi connectivity index (χ3v) is 7.02. The van der Waals surface area contributed by atoms with Gasteiger partial charge in [0, 0.05) is 34.7 Å². The van der Waals surface area contributed by atoms with Gasteiger partial charge in [0.25, 0.3) is 0 Å². The monoisotopic (exact) mass is 427 g/mol. The molecule has 0 saturated carbocycles. The maximum absolute atomic E-state index is 6.38. The Bertz CT molecular complexity index is 936. The second-order valence-electron chi connectivity index (χ2n) is 8.53. The average Bonchev–Trinajstić information content (AvgIpc) is 3.14. The molecule has 1 aromatic heterocycles. The first kappa shape index (κ1) is 20.5. The Labute approximate surface area is 183 Å². The van der Waals surface area contributed by atoms with Crippen molar-refractivity contribution in [3.63, 3.8) is 0 Å². The molecule has 0 N–H and O–H groups in total. The number of halogens is 2. The maximum Gasteiger partial charge on any atom is 0.102 e. The van der Waals surface area contributed by atoms with Crippen LogP contribution in [0.5, 0.6) is 0 Å². The summed E-state index contributed by atoms with van der Waals surface area (Å²) in [5.41, 5.74) is 3.82. The highest BCUT2D eigenvalue weighted by Crippen LogP contribution is 2.59. The van der Waals surface area contributed by atoms with Gasteiger partial charge in [0.2, 0.25) is 0 Å². The predicted octanol–water partition coefficient (Wildman–Crippen LogP) is 7.55. The molecule has 0 unspecified atom stereocenters. The van der Waals surface area contributed by atoms with Crippen molar-refractivity contribution in [3.05, 3.63) is 87.9 Å². The van der Waals surface area contributed by atoms with Crippen LogP contribution >= 0.6 is 23.2 Å². The Kier molecular flexibility index (Phi) is 5.77. The fourth-order valence-corrected chi connectivity index (χ4v) is 5.54. The number of allylic oxidation sites excluding steroid dienone is 2. The largest absolute Gasteiger partial charge is 0.497 e. The molecule has 1 aliphatic heterocycles. The van der Waals surface area contributed by atoms with Gasteiger partial charge in [-0.25, -0.2) is 0 Å². The zero-order valence-electron chi connectivity index (χ0n) is 17.0. The number of pyridine rings is 1. The van der Waals surface area contributed by atoms with Crippen LogP contribution in [0.2, 0.25) is 10.0 Å². The van der Waals surface area contributed by atoms with Crippen LogP contribution in [0.15, 0.2) is 66.7 Å². The number of nitrogens with zero attached hydrogens (tertiary/aromatic N) is 1. The lowest BCUT2D eigenvalue weighted by Gasteiger charge is -2.44. The molecule has 2 heterocycles. The van der Waals surface area contributed by atoms with Gasteiger partial charge in [-0.05, 0) is 60.1 Å². The summed E-state index contributed by atoms with van der Waals surface area (Å²) >= 11 is 12.5. The molecular weight excluding hydrogens is 401 g/mol. The third kappa shape index (κ3) is 3.73. The molecule has 4 heteroatoms. The van der Waals surface area contributed by atoms with Gasteiger partial charge in [0.15, 0.2) is 0 Å². The molecule has 4 rings (SSSR count). The van der Waals surface area contributed by atoms with Gasteiger partial charge in [-0.1, -0.05) is 55.3 Å². The number of rotatable bonds is 5. The molecule has 29 heavy (non-hydrogen) atoms. The van der Waals surface area contributed by atoms with Crippen molar-refractivity contribution in [2.45, 2.75) is 44.9 Å². The standard InChI is InChI=1S/C25H27Cl2NO/c1-4-10-25(3)12-21(18-11-20(27)14-28-13-18)22(17-6-8-19(26)9-7-17)23-16(5-2)15-29-24(23)25/h4,6-9,11,13-14,16,21-22H,1,5,10,12,15H2,2-3H3/t16-,21+,22+,25-/m0/s1. The fourth-order valence-electron chi connectivity index (χ4n) is 5.23. The summed E-state index contributed by atoms with van der Waals surface area (Å²) in [6.07, 6.45) is 8.60. The average molecular weight is 428 g/mol. The van der Waals surface area contributed by atoms with E-state index in [4.69, 9.17) is 27.9 Å². The highest BCUT2D eigenvalue weighted by Gasteiger charge is 2.49. The van der Waals surface area contributed by atoms with Crippen LogP contribution in [0.4, 0.5) is 0 Å². The molecular formula is C25H27Cl2NO. The van der Waals surface area contributed by atoms with E-state index < -0.39 is 0 Å². The third-order valence-electron chi connectivity index (χ3n) is 6.56. The lowest BCUT2D eigenvalue weighted by molar-refractivity contribution is 0.130. The van der Waals surface area contributed by atoms with Gasteiger partial charge in [0.05, 0.1) is 11.6 Å². The lowest BCUT2D eigenvalue weighted by Crippen LogP contribution is -2.33. The lowest BCUT2D eigenvalue weighted by atomic mass is 9.60. The Morgan fingerprint density at radius 1 is 1.17 bits per heavy atom. The van der Waals surface area contributed by atoms with Gasteiger partial charge < -0.3 is 4.74 Å². The quantitative estimate of drug-likeness (QED) is 0.459. The van der Waals surface area contributed by atoms with Crippen LogP contribution in [-0.4, -0.2) is 11.6 Å². The molecule has 0 saturated heterocycles. The van der Waals surface area contributed by atoms with Crippen LogP contribution in [0.3, 0.4) is 0 Å². The van der Waals surface area contributed by atoms with Crippen molar-refractivity contribution in [3.8, 4) is 0 Å². The molecule has 0 amide bonds.